The summed E-state index contributed by atoms with van der Waals surface area (Å²) >= 11 is 0. The molecule has 0 aromatic heterocycles. The summed E-state index contributed by atoms with van der Waals surface area (Å²) in [6.07, 6.45) is -3.71. The van der Waals surface area contributed by atoms with Gasteiger partial charge in [0.05, 0.1) is 6.54 Å². The second kappa shape index (κ2) is 10.5. The maximum atomic E-state index is 12.7. The van der Waals surface area contributed by atoms with E-state index < -0.39 is 19.3 Å². The molecule has 0 bridgehead atoms. The third-order valence-corrected chi connectivity index (χ3v) is 4.46. The van der Waals surface area contributed by atoms with Crippen LogP contribution in [-0.4, -0.2) is 63.2 Å². The van der Waals surface area contributed by atoms with Gasteiger partial charge in [0.15, 0.2) is 17.5 Å². The summed E-state index contributed by atoms with van der Waals surface area (Å²) in [6, 6.07) is 2.64. The molecule has 1 aromatic carbocycles. The van der Waals surface area contributed by atoms with Crippen molar-refractivity contribution in [2.24, 2.45) is 4.99 Å². The maximum absolute atomic E-state index is 12.7. The summed E-state index contributed by atoms with van der Waals surface area (Å²) < 4.78 is 77.9. The number of hydrogen-bond donors (Lipinski definition) is 2. The third-order valence-electron chi connectivity index (χ3n) is 4.46. The van der Waals surface area contributed by atoms with E-state index in [1.54, 1.807) is 0 Å². The molecule has 30 heavy (non-hydrogen) atoms. The first kappa shape index (κ1) is 24.5. The molecule has 1 saturated heterocycles. The lowest BCUT2D eigenvalue weighted by Crippen LogP contribution is -2.45. The number of alkyl halides is 5. The van der Waals surface area contributed by atoms with Crippen LogP contribution in [0.2, 0.25) is 0 Å². The first-order valence-electron chi connectivity index (χ1n) is 8.87. The Morgan fingerprint density at radius 3 is 2.63 bits per heavy atom. The van der Waals surface area contributed by atoms with Crippen LogP contribution in [0.5, 0.6) is 17.2 Å². The molecule has 1 aromatic rings. The highest BCUT2D eigenvalue weighted by atomic mass is 127. The first-order chi connectivity index (χ1) is 13.7. The van der Waals surface area contributed by atoms with Crippen molar-refractivity contribution in [3.05, 3.63) is 17.7 Å². The number of fused-ring (bicyclic) bond motifs is 1. The van der Waals surface area contributed by atoms with E-state index in [1.165, 1.54) is 24.1 Å². The fraction of sp³-hybridized carbons (Fsp3) is 0.588. The van der Waals surface area contributed by atoms with Gasteiger partial charge in [-0.1, -0.05) is 0 Å². The Morgan fingerprint density at radius 2 is 2.00 bits per heavy atom. The molecule has 170 valence electrons. The number of halogens is 6. The van der Waals surface area contributed by atoms with E-state index in [2.05, 4.69) is 20.4 Å². The average Bonchev–Trinajstić information content (AvgIpc) is 3.25. The van der Waals surface area contributed by atoms with E-state index in [0.29, 0.717) is 36.0 Å². The molecule has 2 aliphatic rings. The van der Waals surface area contributed by atoms with E-state index in [4.69, 9.17) is 9.47 Å². The fourth-order valence-corrected chi connectivity index (χ4v) is 3.22. The number of likely N-dealkylation sites (tertiary alicyclic amines) is 1. The topological polar surface area (TPSA) is 67.4 Å². The minimum absolute atomic E-state index is 0. The Hall–Kier alpha value is -1.77. The molecule has 3 rings (SSSR count). The lowest BCUT2D eigenvalue weighted by molar-refractivity contribution is -0.143. The SMILES string of the molecule is CN=C(NCc1cc2c(cc1OC(F)F)OCO2)NC1CCN(CC(F)(F)F)C1.I. The molecular formula is C17H22F5IN4O3. The molecule has 2 aliphatic heterocycles. The van der Waals surface area contributed by atoms with Gasteiger partial charge in [-0.25, -0.2) is 0 Å². The van der Waals surface area contributed by atoms with Crippen molar-refractivity contribution >= 4 is 29.9 Å². The van der Waals surface area contributed by atoms with Crippen LogP contribution in [0.1, 0.15) is 12.0 Å². The largest absolute Gasteiger partial charge is 0.454 e. The molecule has 0 radical (unpaired) electrons. The molecule has 2 heterocycles. The van der Waals surface area contributed by atoms with Gasteiger partial charge < -0.3 is 24.8 Å². The molecule has 0 spiro atoms. The smallest absolute Gasteiger partial charge is 0.401 e. The highest BCUT2D eigenvalue weighted by Crippen LogP contribution is 2.38. The number of hydrogen-bond acceptors (Lipinski definition) is 5. The molecule has 7 nitrogen and oxygen atoms in total. The zero-order valence-corrected chi connectivity index (χ0v) is 18.3. The van der Waals surface area contributed by atoms with Gasteiger partial charge >= 0.3 is 12.8 Å². The van der Waals surface area contributed by atoms with Crippen LogP contribution < -0.4 is 24.8 Å². The van der Waals surface area contributed by atoms with Gasteiger partial charge in [-0.05, 0) is 12.5 Å². The second-order valence-corrected chi connectivity index (χ2v) is 6.60. The van der Waals surface area contributed by atoms with E-state index in [1.807, 2.05) is 0 Å². The number of rotatable bonds is 6. The standard InChI is InChI=1S/C17H21F5N4O3.HI/c1-23-16(25-11-2-3-26(7-11)8-17(20,21)22)24-6-10-4-13-14(28-9-27-13)5-12(10)29-15(18)19;/h4-5,11,15H,2-3,6-9H2,1H3,(H2,23,24,25);1H. The molecule has 13 heteroatoms. The van der Waals surface area contributed by atoms with Crippen molar-refractivity contribution in [3.8, 4) is 17.2 Å². The van der Waals surface area contributed by atoms with Crippen LogP contribution in [0.4, 0.5) is 22.0 Å². The van der Waals surface area contributed by atoms with Crippen molar-refractivity contribution in [2.75, 3.05) is 33.5 Å². The van der Waals surface area contributed by atoms with E-state index in [-0.39, 0.29) is 55.7 Å². The van der Waals surface area contributed by atoms with E-state index >= 15 is 0 Å². The highest BCUT2D eigenvalue weighted by Gasteiger charge is 2.34. The average molecular weight is 552 g/mol. The Balaban J connectivity index is 0.00000320. The highest BCUT2D eigenvalue weighted by molar-refractivity contribution is 14.0. The molecule has 2 N–H and O–H groups in total. The normalized spacial score (nSPS) is 19.0. The van der Waals surface area contributed by atoms with Crippen molar-refractivity contribution < 1.29 is 36.2 Å². The number of ether oxygens (including phenoxy) is 3. The minimum atomic E-state index is -4.24. The van der Waals surface area contributed by atoms with Crippen LogP contribution in [0.15, 0.2) is 17.1 Å². The monoisotopic (exact) mass is 552 g/mol. The summed E-state index contributed by atoms with van der Waals surface area (Å²) in [4.78, 5) is 5.35. The quantitative estimate of drug-likeness (QED) is 0.245. The summed E-state index contributed by atoms with van der Waals surface area (Å²) in [5.74, 6) is 0.988. The second-order valence-electron chi connectivity index (χ2n) is 6.60. The number of aliphatic imine (C=N–C) groups is 1. The predicted octanol–water partition coefficient (Wildman–Crippen LogP) is 2.94. The number of nitrogens with zero attached hydrogens (tertiary/aromatic N) is 2. The van der Waals surface area contributed by atoms with Crippen LogP contribution >= 0.6 is 24.0 Å². The Bertz CT molecular complexity index is 751. The van der Waals surface area contributed by atoms with Gasteiger partial charge in [0.25, 0.3) is 0 Å². The summed E-state index contributed by atoms with van der Waals surface area (Å²) in [5, 5.41) is 6.01. The maximum Gasteiger partial charge on any atom is 0.401 e. The van der Waals surface area contributed by atoms with Gasteiger partial charge in [0.2, 0.25) is 6.79 Å². The fourth-order valence-electron chi connectivity index (χ4n) is 3.22. The lowest BCUT2D eigenvalue weighted by Gasteiger charge is -2.20. The van der Waals surface area contributed by atoms with Crippen molar-refractivity contribution in [1.29, 1.82) is 0 Å². The Morgan fingerprint density at radius 1 is 1.30 bits per heavy atom. The zero-order valence-electron chi connectivity index (χ0n) is 16.0. The Labute approximate surface area is 187 Å². The molecular weight excluding hydrogens is 530 g/mol. The van der Waals surface area contributed by atoms with Gasteiger partial charge in [0.1, 0.15) is 5.75 Å². The van der Waals surface area contributed by atoms with Gasteiger partial charge in [0, 0.05) is 44.4 Å². The lowest BCUT2D eigenvalue weighted by atomic mass is 10.1. The van der Waals surface area contributed by atoms with Crippen LogP contribution in [0.3, 0.4) is 0 Å². The van der Waals surface area contributed by atoms with Crippen LogP contribution in [-0.2, 0) is 6.54 Å². The summed E-state index contributed by atoms with van der Waals surface area (Å²) in [6.45, 7) is -3.35. The number of guanidine groups is 1. The molecule has 1 fully saturated rings. The third kappa shape index (κ3) is 6.89. The minimum Gasteiger partial charge on any atom is -0.454 e. The van der Waals surface area contributed by atoms with Crippen LogP contribution in [0.25, 0.3) is 0 Å². The van der Waals surface area contributed by atoms with Gasteiger partial charge in [-0.3, -0.25) is 9.89 Å². The number of nitrogens with one attached hydrogen (secondary N) is 2. The van der Waals surface area contributed by atoms with E-state index in [0.717, 1.165) is 0 Å². The van der Waals surface area contributed by atoms with Crippen molar-refractivity contribution in [3.63, 3.8) is 0 Å². The molecule has 0 amide bonds. The molecule has 0 saturated carbocycles. The molecule has 1 unspecified atom stereocenters. The summed E-state index contributed by atoms with van der Waals surface area (Å²) in [7, 11) is 1.51. The predicted molar refractivity (Wildman–Crippen MR) is 109 cm³/mol. The van der Waals surface area contributed by atoms with Crippen molar-refractivity contribution in [2.45, 2.75) is 31.8 Å². The zero-order chi connectivity index (χ0) is 21.0. The van der Waals surface area contributed by atoms with E-state index in [9.17, 15) is 22.0 Å². The van der Waals surface area contributed by atoms with Crippen LogP contribution in [0, 0.1) is 0 Å². The first-order valence-corrected chi connectivity index (χ1v) is 8.87. The molecule has 0 aliphatic carbocycles. The van der Waals surface area contributed by atoms with Gasteiger partial charge in [-0.2, -0.15) is 22.0 Å². The van der Waals surface area contributed by atoms with Gasteiger partial charge in [-0.15, -0.1) is 24.0 Å². The Kier molecular flexibility index (Phi) is 8.58. The molecule has 1 atom stereocenters. The number of benzene rings is 1. The summed E-state index contributed by atoms with van der Waals surface area (Å²) in [5.41, 5.74) is 0.391. The van der Waals surface area contributed by atoms with Crippen molar-refractivity contribution in [1.82, 2.24) is 15.5 Å².